The number of carbonyl (C=O) groups is 1. The Morgan fingerprint density at radius 3 is 2.55 bits per heavy atom. The maximum absolute atomic E-state index is 13.0. The third-order valence-corrected chi connectivity index (χ3v) is 7.14. The van der Waals surface area contributed by atoms with Crippen molar-refractivity contribution in [1.82, 2.24) is 4.31 Å². The fraction of sp³-hybridized carbons (Fsp3) is 0.348. The van der Waals surface area contributed by atoms with Crippen molar-refractivity contribution >= 4 is 16.0 Å². The molecule has 0 saturated carbocycles. The highest BCUT2D eigenvalue weighted by Crippen LogP contribution is 2.32. The van der Waals surface area contributed by atoms with E-state index in [1.54, 1.807) is 24.4 Å². The average Bonchev–Trinajstić information content (AvgIpc) is 3.16. The van der Waals surface area contributed by atoms with Gasteiger partial charge in [-0.25, -0.2) is 13.2 Å². The lowest BCUT2D eigenvalue weighted by molar-refractivity contribution is 0.0600. The largest absolute Gasteiger partial charge is 0.465 e. The quantitative estimate of drug-likeness (QED) is 0.634. The number of nitrogens with zero attached hydrogens (tertiary/aromatic N) is 1. The standard InChI is InChI=1S/C23H27NO4S/c1-4-19-15-24(29(26,27)22-12-8-17(2)9-13-22)16-21(19)11-10-18-6-5-7-20(14-18)23(25)28-3/h5-9,12-15,21H,4,10-11,16H2,1-3H3/t21-/m0/s1. The van der Waals surface area contributed by atoms with Gasteiger partial charge in [-0.3, -0.25) is 4.31 Å². The van der Waals surface area contributed by atoms with Crippen LogP contribution in [0.3, 0.4) is 0 Å². The lowest BCUT2D eigenvalue weighted by Gasteiger charge is -2.19. The highest BCUT2D eigenvalue weighted by atomic mass is 32.2. The molecule has 0 unspecified atom stereocenters. The molecule has 1 aliphatic heterocycles. The molecule has 0 saturated heterocycles. The zero-order chi connectivity index (χ0) is 21.0. The summed E-state index contributed by atoms with van der Waals surface area (Å²) in [6, 6.07) is 14.4. The van der Waals surface area contributed by atoms with E-state index in [1.165, 1.54) is 11.4 Å². The summed E-state index contributed by atoms with van der Waals surface area (Å²) < 4.78 is 32.3. The molecule has 0 N–H and O–H groups in total. The lowest BCUT2D eigenvalue weighted by atomic mass is 9.93. The highest BCUT2D eigenvalue weighted by molar-refractivity contribution is 7.89. The SMILES string of the molecule is CCC1=CN(S(=O)(=O)c2ccc(C)cc2)C[C@@H]1CCc1cccc(C(=O)OC)c1. The van der Waals surface area contributed by atoms with E-state index in [9.17, 15) is 13.2 Å². The van der Waals surface area contributed by atoms with Crippen molar-refractivity contribution in [2.45, 2.75) is 38.0 Å². The van der Waals surface area contributed by atoms with Crippen LogP contribution in [0, 0.1) is 12.8 Å². The molecule has 2 aromatic rings. The van der Waals surface area contributed by atoms with Gasteiger partial charge in [-0.1, -0.05) is 36.8 Å². The van der Waals surface area contributed by atoms with Gasteiger partial charge in [-0.2, -0.15) is 0 Å². The summed E-state index contributed by atoms with van der Waals surface area (Å²) in [7, 11) is -2.17. The smallest absolute Gasteiger partial charge is 0.337 e. The first-order valence-corrected chi connectivity index (χ1v) is 11.3. The molecule has 2 aromatic carbocycles. The van der Waals surface area contributed by atoms with Gasteiger partial charge in [0, 0.05) is 18.7 Å². The van der Waals surface area contributed by atoms with Gasteiger partial charge in [0.2, 0.25) is 0 Å². The molecule has 1 atom stereocenters. The molecular formula is C23H27NO4S. The molecule has 6 heteroatoms. The Hall–Kier alpha value is -2.60. The number of ether oxygens (including phenoxy) is 1. The van der Waals surface area contributed by atoms with Gasteiger partial charge in [0.25, 0.3) is 10.0 Å². The summed E-state index contributed by atoms with van der Waals surface area (Å²) in [5.74, 6) is -0.181. The fourth-order valence-corrected chi connectivity index (χ4v) is 5.06. The van der Waals surface area contributed by atoms with Crippen LogP contribution in [-0.4, -0.2) is 32.3 Å². The van der Waals surface area contributed by atoms with E-state index in [1.807, 2.05) is 37.3 Å². The van der Waals surface area contributed by atoms with Gasteiger partial charge < -0.3 is 4.74 Å². The summed E-state index contributed by atoms with van der Waals surface area (Å²) in [4.78, 5) is 12.0. The molecular weight excluding hydrogens is 386 g/mol. The van der Waals surface area contributed by atoms with E-state index in [0.717, 1.165) is 36.0 Å². The Morgan fingerprint density at radius 2 is 1.90 bits per heavy atom. The summed E-state index contributed by atoms with van der Waals surface area (Å²) in [5, 5.41) is 0. The summed E-state index contributed by atoms with van der Waals surface area (Å²) in [5.41, 5.74) is 3.75. The molecule has 0 radical (unpaired) electrons. The third kappa shape index (κ3) is 4.70. The van der Waals surface area contributed by atoms with E-state index in [4.69, 9.17) is 4.74 Å². The second kappa shape index (κ2) is 8.82. The zero-order valence-electron chi connectivity index (χ0n) is 17.1. The predicted octanol–water partition coefficient (Wildman–Crippen LogP) is 4.33. The molecule has 0 amide bonds. The molecule has 0 aromatic heterocycles. The Kier molecular flexibility index (Phi) is 6.42. The first-order valence-electron chi connectivity index (χ1n) is 9.81. The van der Waals surface area contributed by atoms with Gasteiger partial charge in [-0.05, 0) is 61.6 Å². The van der Waals surface area contributed by atoms with Crippen molar-refractivity contribution in [2.24, 2.45) is 5.92 Å². The molecule has 1 heterocycles. The minimum Gasteiger partial charge on any atom is -0.465 e. The molecule has 0 spiro atoms. The van der Waals surface area contributed by atoms with Gasteiger partial charge in [0.15, 0.2) is 0 Å². The molecule has 5 nitrogen and oxygen atoms in total. The highest BCUT2D eigenvalue weighted by Gasteiger charge is 2.31. The van der Waals surface area contributed by atoms with Crippen LogP contribution in [0.5, 0.6) is 0 Å². The molecule has 0 fully saturated rings. The Bertz CT molecular complexity index is 1010. The second-order valence-electron chi connectivity index (χ2n) is 7.37. The van der Waals surface area contributed by atoms with Gasteiger partial charge >= 0.3 is 5.97 Å². The van der Waals surface area contributed by atoms with E-state index in [-0.39, 0.29) is 11.9 Å². The Balaban J connectivity index is 1.72. The summed E-state index contributed by atoms with van der Waals surface area (Å²) in [6.07, 6.45) is 4.20. The molecule has 0 aliphatic carbocycles. The molecule has 1 aliphatic rings. The average molecular weight is 414 g/mol. The van der Waals surface area contributed by atoms with Crippen LogP contribution in [0.15, 0.2) is 65.2 Å². The third-order valence-electron chi connectivity index (χ3n) is 5.40. The fourth-order valence-electron chi connectivity index (χ4n) is 3.66. The molecule has 29 heavy (non-hydrogen) atoms. The van der Waals surface area contributed by atoms with Crippen LogP contribution in [0.1, 0.15) is 41.3 Å². The molecule has 154 valence electrons. The number of rotatable bonds is 7. The van der Waals surface area contributed by atoms with Crippen LogP contribution >= 0.6 is 0 Å². The van der Waals surface area contributed by atoms with Gasteiger partial charge in [-0.15, -0.1) is 0 Å². The second-order valence-corrected chi connectivity index (χ2v) is 9.26. The van der Waals surface area contributed by atoms with Crippen molar-refractivity contribution in [3.63, 3.8) is 0 Å². The van der Waals surface area contributed by atoms with Crippen molar-refractivity contribution < 1.29 is 17.9 Å². The Morgan fingerprint density at radius 1 is 1.17 bits per heavy atom. The maximum atomic E-state index is 13.0. The minimum absolute atomic E-state index is 0.169. The number of hydrogen-bond acceptors (Lipinski definition) is 4. The molecule has 0 bridgehead atoms. The Labute approximate surface area is 173 Å². The normalized spacial score (nSPS) is 16.6. The van der Waals surface area contributed by atoms with Crippen LogP contribution in [0.4, 0.5) is 0 Å². The number of hydrogen-bond donors (Lipinski definition) is 0. The van der Waals surface area contributed by atoms with E-state index >= 15 is 0 Å². The monoisotopic (exact) mass is 413 g/mol. The predicted molar refractivity (Wildman–Crippen MR) is 113 cm³/mol. The van der Waals surface area contributed by atoms with E-state index in [2.05, 4.69) is 6.92 Å². The minimum atomic E-state index is -3.54. The van der Waals surface area contributed by atoms with Crippen molar-refractivity contribution in [2.75, 3.05) is 13.7 Å². The van der Waals surface area contributed by atoms with Crippen LogP contribution in [-0.2, 0) is 21.2 Å². The number of benzene rings is 2. The number of sulfonamides is 1. The molecule has 3 rings (SSSR count). The lowest BCUT2D eigenvalue weighted by Crippen LogP contribution is -2.26. The summed E-state index contributed by atoms with van der Waals surface area (Å²) in [6.45, 7) is 4.45. The van der Waals surface area contributed by atoms with E-state index in [0.29, 0.717) is 17.0 Å². The van der Waals surface area contributed by atoms with Crippen LogP contribution in [0.25, 0.3) is 0 Å². The first-order chi connectivity index (χ1) is 13.8. The maximum Gasteiger partial charge on any atom is 0.337 e. The van der Waals surface area contributed by atoms with Crippen molar-refractivity contribution in [3.05, 3.63) is 77.0 Å². The zero-order valence-corrected chi connectivity index (χ0v) is 17.9. The topological polar surface area (TPSA) is 63.7 Å². The van der Waals surface area contributed by atoms with Crippen molar-refractivity contribution in [1.29, 1.82) is 0 Å². The first kappa shape index (κ1) is 21.1. The van der Waals surface area contributed by atoms with Gasteiger partial charge in [0.05, 0.1) is 17.6 Å². The number of carbonyl (C=O) groups excluding carboxylic acids is 1. The number of esters is 1. The van der Waals surface area contributed by atoms with Crippen molar-refractivity contribution in [3.8, 4) is 0 Å². The van der Waals surface area contributed by atoms with E-state index < -0.39 is 10.0 Å². The number of methoxy groups -OCH3 is 1. The summed E-state index contributed by atoms with van der Waals surface area (Å²) >= 11 is 0. The van der Waals surface area contributed by atoms with Crippen LogP contribution in [0.2, 0.25) is 0 Å². The van der Waals surface area contributed by atoms with Gasteiger partial charge in [0.1, 0.15) is 0 Å². The van der Waals surface area contributed by atoms with Crippen LogP contribution < -0.4 is 0 Å². The number of aryl methyl sites for hydroxylation is 2.